The van der Waals surface area contributed by atoms with Gasteiger partial charge in [-0.25, -0.2) is 0 Å². The van der Waals surface area contributed by atoms with Crippen LogP contribution in [0.2, 0.25) is 5.02 Å². The van der Waals surface area contributed by atoms with Crippen LogP contribution in [0.4, 0.5) is 5.95 Å². The Bertz CT molecular complexity index is 597. The van der Waals surface area contributed by atoms with E-state index in [9.17, 15) is 5.11 Å². The van der Waals surface area contributed by atoms with Gasteiger partial charge in [-0.3, -0.25) is 0 Å². The van der Waals surface area contributed by atoms with Crippen molar-refractivity contribution in [3.63, 3.8) is 0 Å². The van der Waals surface area contributed by atoms with E-state index in [-0.39, 0.29) is 22.5 Å². The summed E-state index contributed by atoms with van der Waals surface area (Å²) in [4.78, 5) is 1.05. The second-order valence-corrected chi connectivity index (χ2v) is 3.63. The van der Waals surface area contributed by atoms with Crippen molar-refractivity contribution in [1.82, 2.24) is 20.3 Å². The molecule has 94 valence electrons. The first-order valence-corrected chi connectivity index (χ1v) is 5.14. The van der Waals surface area contributed by atoms with Gasteiger partial charge in [0, 0.05) is 5.56 Å². The van der Waals surface area contributed by atoms with E-state index in [2.05, 4.69) is 20.6 Å². The fourth-order valence-electron chi connectivity index (χ4n) is 1.22. The summed E-state index contributed by atoms with van der Waals surface area (Å²) in [5, 5.41) is 24.0. The maximum Gasteiger partial charge on any atom is 0.263 e. The van der Waals surface area contributed by atoms with Crippen molar-refractivity contribution < 1.29 is 9.84 Å². The second kappa shape index (κ2) is 4.88. The zero-order valence-electron chi connectivity index (χ0n) is 9.28. The predicted octanol–water partition coefficient (Wildman–Crippen LogP) is 0.505. The van der Waals surface area contributed by atoms with E-state index in [1.165, 1.54) is 19.4 Å². The molecule has 2 rings (SSSR count). The van der Waals surface area contributed by atoms with E-state index in [0.29, 0.717) is 5.56 Å². The lowest BCUT2D eigenvalue weighted by atomic mass is 10.2. The second-order valence-electron chi connectivity index (χ2n) is 3.22. The Kier molecular flexibility index (Phi) is 3.28. The number of phenols is 1. The summed E-state index contributed by atoms with van der Waals surface area (Å²) in [6.07, 6.45) is 1.43. The molecule has 9 heteroatoms. The molecule has 0 fully saturated rings. The third kappa shape index (κ3) is 2.33. The predicted molar refractivity (Wildman–Crippen MR) is 64.9 cm³/mol. The molecular weight excluding hydrogens is 260 g/mol. The molecular formula is C9H9ClN6O2. The van der Waals surface area contributed by atoms with Crippen molar-refractivity contribution in [2.75, 3.05) is 12.8 Å². The van der Waals surface area contributed by atoms with Gasteiger partial charge in [0.05, 0.1) is 18.3 Å². The lowest BCUT2D eigenvalue weighted by Gasteiger charge is -2.05. The lowest BCUT2D eigenvalue weighted by Crippen LogP contribution is -1.99. The number of tetrazole rings is 1. The molecule has 0 atom stereocenters. The number of halogens is 1. The van der Waals surface area contributed by atoms with Gasteiger partial charge in [-0.05, 0) is 22.6 Å². The molecule has 0 bridgehead atoms. The third-order valence-electron chi connectivity index (χ3n) is 2.06. The number of aromatic hydroxyl groups is 1. The summed E-state index contributed by atoms with van der Waals surface area (Å²) in [6, 6.07) is 3.08. The van der Waals surface area contributed by atoms with Gasteiger partial charge in [-0.2, -0.15) is 5.10 Å². The molecule has 1 heterocycles. The molecule has 0 unspecified atom stereocenters. The Labute approximate surface area is 107 Å². The zero-order chi connectivity index (χ0) is 13.1. The molecule has 1 aromatic heterocycles. The highest BCUT2D eigenvalue weighted by atomic mass is 35.5. The summed E-state index contributed by atoms with van der Waals surface area (Å²) in [5.74, 6) is 0.176. The Morgan fingerprint density at radius 2 is 2.33 bits per heavy atom. The van der Waals surface area contributed by atoms with Crippen molar-refractivity contribution in [2.45, 2.75) is 0 Å². The molecule has 0 aliphatic rings. The van der Waals surface area contributed by atoms with Crippen LogP contribution in [0.25, 0.3) is 0 Å². The standard InChI is InChI=1S/C9H9ClN6O2/c1-18-7-3-5(2-6(10)8(7)17)4-12-16-9(11)13-14-15-16/h2-4,17H,1H3,(H2,11,13,15)/b12-4+. The van der Waals surface area contributed by atoms with Crippen LogP contribution in [0.3, 0.4) is 0 Å². The largest absolute Gasteiger partial charge is 0.503 e. The first-order chi connectivity index (χ1) is 8.61. The smallest absolute Gasteiger partial charge is 0.263 e. The molecule has 8 nitrogen and oxygen atoms in total. The van der Waals surface area contributed by atoms with Gasteiger partial charge in [-0.15, -0.1) is 0 Å². The zero-order valence-corrected chi connectivity index (χ0v) is 10.0. The van der Waals surface area contributed by atoms with Crippen molar-refractivity contribution in [3.8, 4) is 11.5 Å². The van der Waals surface area contributed by atoms with Crippen LogP contribution < -0.4 is 10.5 Å². The van der Waals surface area contributed by atoms with E-state index in [4.69, 9.17) is 22.1 Å². The molecule has 0 aliphatic carbocycles. The summed E-state index contributed by atoms with van der Waals surface area (Å²) in [5.41, 5.74) is 6.04. The van der Waals surface area contributed by atoms with Crippen molar-refractivity contribution in [3.05, 3.63) is 22.7 Å². The van der Waals surface area contributed by atoms with Crippen LogP contribution in [-0.4, -0.2) is 38.7 Å². The number of nitrogens with two attached hydrogens (primary N) is 1. The van der Waals surface area contributed by atoms with Gasteiger partial charge in [0.2, 0.25) is 0 Å². The Hall–Kier alpha value is -2.35. The third-order valence-corrected chi connectivity index (χ3v) is 2.35. The van der Waals surface area contributed by atoms with E-state index in [0.717, 1.165) is 4.79 Å². The van der Waals surface area contributed by atoms with Crippen molar-refractivity contribution in [1.29, 1.82) is 0 Å². The van der Waals surface area contributed by atoms with Crippen LogP contribution in [0, 0.1) is 0 Å². The first-order valence-electron chi connectivity index (χ1n) is 4.76. The number of benzene rings is 1. The van der Waals surface area contributed by atoms with Crippen LogP contribution in [0.15, 0.2) is 17.2 Å². The van der Waals surface area contributed by atoms with Gasteiger partial charge < -0.3 is 15.6 Å². The molecule has 0 spiro atoms. The van der Waals surface area contributed by atoms with Gasteiger partial charge in [-0.1, -0.05) is 21.5 Å². The number of ether oxygens (including phenoxy) is 1. The summed E-state index contributed by atoms with van der Waals surface area (Å²) in [7, 11) is 1.42. The fraction of sp³-hybridized carbons (Fsp3) is 0.111. The molecule has 0 saturated carbocycles. The molecule has 2 aromatic rings. The number of rotatable bonds is 3. The van der Waals surface area contributed by atoms with Crippen molar-refractivity contribution in [2.24, 2.45) is 5.10 Å². The summed E-state index contributed by atoms with van der Waals surface area (Å²) < 4.78 is 4.96. The molecule has 0 aliphatic heterocycles. The van der Waals surface area contributed by atoms with Crippen LogP contribution in [-0.2, 0) is 0 Å². The average Bonchev–Trinajstić information content (AvgIpc) is 2.76. The highest BCUT2D eigenvalue weighted by Gasteiger charge is 2.08. The highest BCUT2D eigenvalue weighted by Crippen LogP contribution is 2.34. The number of nitrogen functional groups attached to an aromatic ring is 1. The molecule has 3 N–H and O–H groups in total. The number of anilines is 1. The molecule has 0 saturated heterocycles. The summed E-state index contributed by atoms with van der Waals surface area (Å²) in [6.45, 7) is 0. The molecule has 0 radical (unpaired) electrons. The first kappa shape index (κ1) is 12.1. The monoisotopic (exact) mass is 268 g/mol. The minimum Gasteiger partial charge on any atom is -0.503 e. The molecule has 1 aromatic carbocycles. The van der Waals surface area contributed by atoms with E-state index in [1.807, 2.05) is 0 Å². The number of phenolic OH excluding ortho intramolecular Hbond substituents is 1. The van der Waals surface area contributed by atoms with Gasteiger partial charge in [0.25, 0.3) is 5.95 Å². The van der Waals surface area contributed by atoms with E-state index >= 15 is 0 Å². The Balaban J connectivity index is 2.32. The Morgan fingerprint density at radius 3 is 2.94 bits per heavy atom. The fourth-order valence-corrected chi connectivity index (χ4v) is 1.44. The van der Waals surface area contributed by atoms with Crippen LogP contribution in [0.5, 0.6) is 11.5 Å². The van der Waals surface area contributed by atoms with Crippen LogP contribution in [0.1, 0.15) is 5.56 Å². The van der Waals surface area contributed by atoms with Crippen molar-refractivity contribution >= 4 is 23.8 Å². The van der Waals surface area contributed by atoms with E-state index < -0.39 is 0 Å². The van der Waals surface area contributed by atoms with E-state index in [1.54, 1.807) is 6.07 Å². The minimum absolute atomic E-state index is 0.0584. The normalized spacial score (nSPS) is 11.0. The van der Waals surface area contributed by atoms with Gasteiger partial charge in [0.15, 0.2) is 11.5 Å². The molecule has 18 heavy (non-hydrogen) atoms. The maximum atomic E-state index is 9.56. The minimum atomic E-state index is -0.127. The van der Waals surface area contributed by atoms with Gasteiger partial charge in [0.1, 0.15) is 0 Å². The number of hydrogen-bond acceptors (Lipinski definition) is 7. The Morgan fingerprint density at radius 1 is 1.56 bits per heavy atom. The van der Waals surface area contributed by atoms with Crippen LogP contribution >= 0.6 is 11.6 Å². The number of nitrogens with zero attached hydrogens (tertiary/aromatic N) is 5. The summed E-state index contributed by atoms with van der Waals surface area (Å²) >= 11 is 5.83. The van der Waals surface area contributed by atoms with Gasteiger partial charge >= 0.3 is 0 Å². The maximum absolute atomic E-state index is 9.56. The SMILES string of the molecule is COc1cc(/C=N/n2nnnc2N)cc(Cl)c1O. The topological polar surface area (TPSA) is 111 Å². The highest BCUT2D eigenvalue weighted by molar-refractivity contribution is 6.32. The average molecular weight is 269 g/mol. The quantitative estimate of drug-likeness (QED) is 0.784. The molecule has 0 amide bonds. The number of methoxy groups -OCH3 is 1. The lowest BCUT2D eigenvalue weighted by molar-refractivity contribution is 0.373. The number of aromatic nitrogens is 4. The number of hydrogen-bond donors (Lipinski definition) is 2.